The molecule has 29 heavy (non-hydrogen) atoms. The van der Waals surface area contributed by atoms with Gasteiger partial charge in [0.05, 0.1) is 21.5 Å². The summed E-state index contributed by atoms with van der Waals surface area (Å²) in [4.78, 5) is 17.5. The Labute approximate surface area is 186 Å². The van der Waals surface area contributed by atoms with Gasteiger partial charge < -0.3 is 5.32 Å². The molecule has 0 radical (unpaired) electrons. The van der Waals surface area contributed by atoms with E-state index in [1.54, 1.807) is 0 Å². The van der Waals surface area contributed by atoms with Gasteiger partial charge in [0.25, 0.3) is 5.56 Å². The van der Waals surface area contributed by atoms with E-state index in [-0.39, 0.29) is 41.1 Å². The van der Waals surface area contributed by atoms with Crippen molar-refractivity contribution >= 4 is 47.3 Å². The molecule has 1 aromatic carbocycles. The molecule has 4 nitrogen and oxygen atoms in total. The summed E-state index contributed by atoms with van der Waals surface area (Å²) in [7, 11) is 1.87. The number of nitrogens with one attached hydrogen (secondary N) is 1. The summed E-state index contributed by atoms with van der Waals surface area (Å²) >= 11 is 5.81. The maximum Gasteiger partial charge on any atom is 0.417 e. The lowest BCUT2D eigenvalue weighted by molar-refractivity contribution is -0.137. The summed E-state index contributed by atoms with van der Waals surface area (Å²) in [5.74, 6) is 0.578. The molecule has 2 rings (SSSR count). The van der Waals surface area contributed by atoms with E-state index in [1.807, 2.05) is 27.8 Å². The molecule has 0 bridgehead atoms. The van der Waals surface area contributed by atoms with E-state index < -0.39 is 22.3 Å². The van der Waals surface area contributed by atoms with Crippen LogP contribution in [-0.2, 0) is 19.1 Å². The molecule has 1 aromatic heterocycles. The first-order valence-corrected chi connectivity index (χ1v) is 9.26. The number of fused-ring (bicyclic) bond motifs is 1. The van der Waals surface area contributed by atoms with Crippen LogP contribution in [-0.4, -0.2) is 23.1 Å². The first-order valence-electron chi connectivity index (χ1n) is 8.89. The first kappa shape index (κ1) is 28.0. The van der Waals surface area contributed by atoms with E-state index in [0.717, 1.165) is 31.5 Å². The average molecular weight is 477 g/mol. The summed E-state index contributed by atoms with van der Waals surface area (Å²) < 4.78 is 41.0. The molecule has 166 valence electrons. The zero-order chi connectivity index (χ0) is 20.4. The van der Waals surface area contributed by atoms with Gasteiger partial charge in [-0.3, -0.25) is 9.36 Å². The van der Waals surface area contributed by atoms with Crippen molar-refractivity contribution in [3.8, 4) is 0 Å². The number of nitrogens with zero attached hydrogens (tertiary/aromatic N) is 2. The lowest BCUT2D eigenvalue weighted by Gasteiger charge is -2.23. The number of hydrogen-bond acceptors (Lipinski definition) is 3. The molecule has 0 aliphatic carbocycles. The zero-order valence-electron chi connectivity index (χ0n) is 16.8. The fourth-order valence-electron chi connectivity index (χ4n) is 2.92. The molecule has 0 spiro atoms. The second-order valence-corrected chi connectivity index (χ2v) is 8.29. The highest BCUT2D eigenvalue weighted by atomic mass is 35.5. The van der Waals surface area contributed by atoms with Gasteiger partial charge in [-0.1, -0.05) is 32.4 Å². The molecule has 1 heterocycles. The van der Waals surface area contributed by atoms with E-state index in [1.165, 1.54) is 4.57 Å². The lowest BCUT2D eigenvalue weighted by atomic mass is 9.96. The fourth-order valence-corrected chi connectivity index (χ4v) is 3.18. The van der Waals surface area contributed by atoms with E-state index in [4.69, 9.17) is 11.6 Å². The third-order valence-electron chi connectivity index (χ3n) is 4.14. The SMILES string of the molecule is CNCCCCc1nc2cc(Cl)c(C(F)(F)F)cc2c(=O)n1CC(C)(C)C.Cl.Cl. The highest BCUT2D eigenvalue weighted by molar-refractivity contribution is 6.32. The predicted molar refractivity (Wildman–Crippen MR) is 117 cm³/mol. The molecule has 0 saturated carbocycles. The van der Waals surface area contributed by atoms with Gasteiger partial charge in [0.2, 0.25) is 0 Å². The number of unbranched alkanes of at least 4 members (excludes halogenated alkanes) is 1. The Balaban J connectivity index is 0.00000392. The van der Waals surface area contributed by atoms with Gasteiger partial charge in [0.1, 0.15) is 5.82 Å². The van der Waals surface area contributed by atoms with Gasteiger partial charge >= 0.3 is 6.18 Å². The van der Waals surface area contributed by atoms with Gasteiger partial charge in [-0.25, -0.2) is 4.98 Å². The smallest absolute Gasteiger partial charge is 0.320 e. The normalized spacial score (nSPS) is 11.9. The molecular weight excluding hydrogens is 450 g/mol. The zero-order valence-corrected chi connectivity index (χ0v) is 19.2. The number of hydrogen-bond donors (Lipinski definition) is 1. The van der Waals surface area contributed by atoms with Crippen molar-refractivity contribution < 1.29 is 13.2 Å². The lowest BCUT2D eigenvalue weighted by Crippen LogP contribution is -2.31. The van der Waals surface area contributed by atoms with Gasteiger partial charge in [-0.2, -0.15) is 13.2 Å². The van der Waals surface area contributed by atoms with Crippen molar-refractivity contribution in [3.63, 3.8) is 0 Å². The van der Waals surface area contributed by atoms with Crippen molar-refractivity contribution in [1.82, 2.24) is 14.9 Å². The number of alkyl halides is 3. The summed E-state index contributed by atoms with van der Waals surface area (Å²) in [6.45, 7) is 7.13. The van der Waals surface area contributed by atoms with Crippen LogP contribution in [0.25, 0.3) is 10.9 Å². The van der Waals surface area contributed by atoms with E-state index in [2.05, 4.69) is 10.3 Å². The molecule has 10 heteroatoms. The Bertz CT molecular complexity index is 877. The van der Waals surface area contributed by atoms with Crippen molar-refractivity contribution in [3.05, 3.63) is 38.9 Å². The Morgan fingerprint density at radius 3 is 2.28 bits per heavy atom. The van der Waals surface area contributed by atoms with Crippen molar-refractivity contribution in [2.45, 2.75) is 52.8 Å². The van der Waals surface area contributed by atoms with Crippen LogP contribution in [0, 0.1) is 5.41 Å². The summed E-state index contributed by atoms with van der Waals surface area (Å²) in [5, 5.41) is 2.55. The fraction of sp³-hybridized carbons (Fsp3) is 0.579. The Morgan fingerprint density at radius 2 is 1.76 bits per heavy atom. The third-order valence-corrected chi connectivity index (χ3v) is 4.45. The van der Waals surface area contributed by atoms with Gasteiger partial charge in [0, 0.05) is 13.0 Å². The van der Waals surface area contributed by atoms with Crippen molar-refractivity contribution in [2.24, 2.45) is 5.41 Å². The molecule has 1 N–H and O–H groups in total. The average Bonchev–Trinajstić information content (AvgIpc) is 2.52. The summed E-state index contributed by atoms with van der Waals surface area (Å²) in [5.41, 5.74) is -1.50. The maximum absolute atomic E-state index is 13.2. The maximum atomic E-state index is 13.2. The minimum Gasteiger partial charge on any atom is -0.320 e. The number of aromatic nitrogens is 2. The van der Waals surface area contributed by atoms with E-state index >= 15 is 0 Å². The van der Waals surface area contributed by atoms with Crippen LogP contribution in [0.2, 0.25) is 5.02 Å². The van der Waals surface area contributed by atoms with Crippen LogP contribution < -0.4 is 10.9 Å². The minimum atomic E-state index is -4.63. The minimum absolute atomic E-state index is 0. The number of halogens is 6. The second-order valence-electron chi connectivity index (χ2n) is 7.89. The van der Waals surface area contributed by atoms with E-state index in [0.29, 0.717) is 18.8 Å². The number of rotatable bonds is 6. The molecule has 0 unspecified atom stereocenters. The van der Waals surface area contributed by atoms with Crippen LogP contribution in [0.3, 0.4) is 0 Å². The molecule has 0 aliphatic rings. The van der Waals surface area contributed by atoms with Crippen molar-refractivity contribution in [2.75, 3.05) is 13.6 Å². The topological polar surface area (TPSA) is 46.9 Å². The second kappa shape index (κ2) is 10.8. The van der Waals surface area contributed by atoms with Crippen LogP contribution >= 0.6 is 36.4 Å². The Hall–Kier alpha value is -1.02. The monoisotopic (exact) mass is 475 g/mol. The van der Waals surface area contributed by atoms with Crippen LogP contribution in [0.5, 0.6) is 0 Å². The molecule has 2 aromatic rings. The number of aryl methyl sites for hydroxylation is 1. The summed E-state index contributed by atoms with van der Waals surface area (Å²) in [6.07, 6.45) is -2.33. The van der Waals surface area contributed by atoms with Crippen molar-refractivity contribution in [1.29, 1.82) is 0 Å². The molecular formula is C19H27Cl3F3N3O. The Kier molecular flexibility index (Phi) is 10.5. The number of benzene rings is 1. The van der Waals surface area contributed by atoms with Crippen LogP contribution in [0.1, 0.15) is 45.0 Å². The van der Waals surface area contributed by atoms with Gasteiger partial charge in [-0.15, -0.1) is 24.8 Å². The first-order chi connectivity index (χ1) is 12.4. The molecule has 0 atom stereocenters. The van der Waals surface area contributed by atoms with Gasteiger partial charge in [0.15, 0.2) is 0 Å². The third kappa shape index (κ3) is 7.31. The Morgan fingerprint density at radius 1 is 1.14 bits per heavy atom. The largest absolute Gasteiger partial charge is 0.417 e. The molecule has 0 aliphatic heterocycles. The van der Waals surface area contributed by atoms with E-state index in [9.17, 15) is 18.0 Å². The van der Waals surface area contributed by atoms with Crippen LogP contribution in [0.4, 0.5) is 13.2 Å². The quantitative estimate of drug-likeness (QED) is 0.560. The van der Waals surface area contributed by atoms with Gasteiger partial charge in [-0.05, 0) is 44.0 Å². The van der Waals surface area contributed by atoms with Crippen LogP contribution in [0.15, 0.2) is 16.9 Å². The standard InChI is InChI=1S/C19H25ClF3N3O.2ClH/c1-18(2,3)11-26-16(7-5-6-8-24-4)25-15-10-14(20)13(19(21,22)23)9-12(15)17(26)27;;/h9-10,24H,5-8,11H2,1-4H3;2*1H. The molecule has 0 amide bonds. The predicted octanol–water partition coefficient (Wildman–Crippen LogP) is 5.50. The highest BCUT2D eigenvalue weighted by Crippen LogP contribution is 2.36. The molecule has 0 saturated heterocycles. The summed E-state index contributed by atoms with van der Waals surface area (Å²) in [6, 6.07) is 1.95. The molecule has 0 fully saturated rings. The highest BCUT2D eigenvalue weighted by Gasteiger charge is 2.34.